The average Bonchev–Trinajstić information content (AvgIpc) is 2.85. The number of aryl methyl sites for hydroxylation is 1. The molecule has 0 fully saturated rings. The molecule has 0 aliphatic carbocycles. The van der Waals surface area contributed by atoms with Gasteiger partial charge >= 0.3 is 0 Å². The highest BCUT2D eigenvalue weighted by Crippen LogP contribution is 2.29. The highest BCUT2D eigenvalue weighted by molar-refractivity contribution is 7.10. The van der Waals surface area contributed by atoms with Crippen molar-refractivity contribution in [3.05, 3.63) is 22.1 Å². The van der Waals surface area contributed by atoms with E-state index in [1.807, 2.05) is 18.4 Å². The van der Waals surface area contributed by atoms with Crippen molar-refractivity contribution in [3.63, 3.8) is 0 Å². The van der Waals surface area contributed by atoms with Gasteiger partial charge in [0.05, 0.1) is 5.01 Å². The van der Waals surface area contributed by atoms with Crippen molar-refractivity contribution in [1.29, 1.82) is 0 Å². The molecule has 2 aromatic heterocycles. The van der Waals surface area contributed by atoms with E-state index in [2.05, 4.69) is 48.0 Å². The van der Waals surface area contributed by atoms with Crippen molar-refractivity contribution in [2.24, 2.45) is 0 Å². The zero-order chi connectivity index (χ0) is 14.8. The summed E-state index contributed by atoms with van der Waals surface area (Å²) in [7, 11) is 0. The van der Waals surface area contributed by atoms with Gasteiger partial charge in [-0.05, 0) is 13.3 Å². The lowest BCUT2D eigenvalue weighted by atomic mass is 9.98. The third-order valence-electron chi connectivity index (χ3n) is 2.79. The van der Waals surface area contributed by atoms with Gasteiger partial charge in [0.25, 0.3) is 0 Å². The van der Waals surface area contributed by atoms with Gasteiger partial charge in [0.2, 0.25) is 0 Å². The Hall–Kier alpha value is -1.49. The smallest absolute Gasteiger partial charge is 0.181 e. The second kappa shape index (κ2) is 5.87. The minimum atomic E-state index is 0.0655. The maximum atomic E-state index is 4.68. The van der Waals surface area contributed by atoms with Crippen LogP contribution in [-0.2, 0) is 5.41 Å². The van der Waals surface area contributed by atoms with E-state index >= 15 is 0 Å². The van der Waals surface area contributed by atoms with Crippen LogP contribution in [0.4, 0.5) is 5.82 Å². The molecule has 20 heavy (non-hydrogen) atoms. The maximum Gasteiger partial charge on any atom is 0.181 e. The molecular weight excluding hydrogens is 268 g/mol. The molecule has 0 aliphatic heterocycles. The molecule has 2 aromatic rings. The van der Waals surface area contributed by atoms with Gasteiger partial charge in [-0.2, -0.15) is 0 Å². The zero-order valence-corrected chi connectivity index (χ0v) is 13.6. The fourth-order valence-corrected chi connectivity index (χ4v) is 2.63. The third kappa shape index (κ3) is 3.54. The lowest BCUT2D eigenvalue weighted by molar-refractivity contribution is 0.586. The molecule has 2 rings (SSSR count). The standard InChI is InChI=1S/C15H22N4S/c1-6-7-16-12-8-10(2)17-13(19-12)11-9-20-14(18-11)15(3,4)5/h8-9H,6-7H2,1-5H3,(H,16,17,19). The summed E-state index contributed by atoms with van der Waals surface area (Å²) in [5.41, 5.74) is 1.89. The number of hydrogen-bond acceptors (Lipinski definition) is 5. The van der Waals surface area contributed by atoms with E-state index in [1.54, 1.807) is 11.3 Å². The summed E-state index contributed by atoms with van der Waals surface area (Å²) < 4.78 is 0. The lowest BCUT2D eigenvalue weighted by Crippen LogP contribution is -2.10. The van der Waals surface area contributed by atoms with Crippen LogP contribution >= 0.6 is 11.3 Å². The summed E-state index contributed by atoms with van der Waals surface area (Å²) in [5, 5.41) is 6.46. The third-order valence-corrected chi connectivity index (χ3v) is 4.05. The first-order chi connectivity index (χ1) is 9.40. The summed E-state index contributed by atoms with van der Waals surface area (Å²) in [6, 6.07) is 1.97. The Kier molecular flexibility index (Phi) is 4.38. The van der Waals surface area contributed by atoms with Crippen molar-refractivity contribution in [3.8, 4) is 11.5 Å². The van der Waals surface area contributed by atoms with E-state index in [-0.39, 0.29) is 5.41 Å². The summed E-state index contributed by atoms with van der Waals surface area (Å²) in [6.45, 7) is 11.5. The first-order valence-corrected chi connectivity index (χ1v) is 7.84. The molecule has 2 heterocycles. The molecule has 1 N–H and O–H groups in total. The van der Waals surface area contributed by atoms with E-state index in [0.29, 0.717) is 5.82 Å². The second-order valence-corrected chi connectivity index (χ2v) is 6.79. The number of anilines is 1. The molecule has 0 bridgehead atoms. The number of aromatic nitrogens is 3. The highest BCUT2D eigenvalue weighted by Gasteiger charge is 2.19. The summed E-state index contributed by atoms with van der Waals surface area (Å²) >= 11 is 1.67. The fourth-order valence-electron chi connectivity index (χ4n) is 1.75. The Labute approximate surface area is 124 Å². The zero-order valence-electron chi connectivity index (χ0n) is 12.8. The van der Waals surface area contributed by atoms with E-state index in [0.717, 1.165) is 35.2 Å². The molecule has 0 atom stereocenters. The van der Waals surface area contributed by atoms with Crippen LogP contribution in [0.3, 0.4) is 0 Å². The normalized spacial score (nSPS) is 11.7. The van der Waals surface area contributed by atoms with Gasteiger partial charge in [0.1, 0.15) is 11.5 Å². The Bertz CT molecular complexity index is 584. The number of hydrogen-bond donors (Lipinski definition) is 1. The first kappa shape index (κ1) is 14.9. The first-order valence-electron chi connectivity index (χ1n) is 6.96. The van der Waals surface area contributed by atoms with Gasteiger partial charge in [0.15, 0.2) is 5.82 Å². The quantitative estimate of drug-likeness (QED) is 0.923. The molecule has 4 nitrogen and oxygen atoms in total. The number of nitrogens with one attached hydrogen (secondary N) is 1. The summed E-state index contributed by atoms with van der Waals surface area (Å²) in [5.74, 6) is 1.58. The summed E-state index contributed by atoms with van der Waals surface area (Å²) in [4.78, 5) is 13.7. The van der Waals surface area contributed by atoms with Crippen LogP contribution in [0.2, 0.25) is 0 Å². The molecule has 0 saturated carbocycles. The molecule has 108 valence electrons. The number of rotatable bonds is 4. The lowest BCUT2D eigenvalue weighted by Gasteiger charge is -2.13. The van der Waals surface area contributed by atoms with Gasteiger partial charge in [0, 0.05) is 29.1 Å². The second-order valence-electron chi connectivity index (χ2n) is 5.93. The van der Waals surface area contributed by atoms with E-state index < -0.39 is 0 Å². The Morgan fingerprint density at radius 1 is 1.20 bits per heavy atom. The molecule has 0 radical (unpaired) electrons. The van der Waals surface area contributed by atoms with Crippen molar-refractivity contribution in [1.82, 2.24) is 15.0 Å². The molecule has 0 saturated heterocycles. The van der Waals surface area contributed by atoms with Crippen LogP contribution in [0.25, 0.3) is 11.5 Å². The largest absolute Gasteiger partial charge is 0.370 e. The Balaban J connectivity index is 2.32. The molecule has 0 aliphatic rings. The van der Waals surface area contributed by atoms with Crippen LogP contribution in [0, 0.1) is 6.92 Å². The van der Waals surface area contributed by atoms with Crippen LogP contribution in [0.5, 0.6) is 0 Å². The SMILES string of the molecule is CCCNc1cc(C)nc(-c2csc(C(C)(C)C)n2)n1. The molecule has 0 spiro atoms. The topological polar surface area (TPSA) is 50.7 Å². The van der Waals surface area contributed by atoms with Crippen molar-refractivity contribution < 1.29 is 0 Å². The van der Waals surface area contributed by atoms with Crippen LogP contribution < -0.4 is 5.32 Å². The van der Waals surface area contributed by atoms with Gasteiger partial charge in [-0.1, -0.05) is 27.7 Å². The predicted molar refractivity (Wildman–Crippen MR) is 85.4 cm³/mol. The molecule has 0 unspecified atom stereocenters. The fraction of sp³-hybridized carbons (Fsp3) is 0.533. The van der Waals surface area contributed by atoms with E-state index in [9.17, 15) is 0 Å². The van der Waals surface area contributed by atoms with Crippen LogP contribution in [0.15, 0.2) is 11.4 Å². The Morgan fingerprint density at radius 2 is 1.95 bits per heavy atom. The summed E-state index contributed by atoms with van der Waals surface area (Å²) in [6.07, 6.45) is 1.07. The minimum Gasteiger partial charge on any atom is -0.370 e. The highest BCUT2D eigenvalue weighted by atomic mass is 32.1. The van der Waals surface area contributed by atoms with Crippen LogP contribution in [-0.4, -0.2) is 21.5 Å². The van der Waals surface area contributed by atoms with E-state index in [4.69, 9.17) is 0 Å². The van der Waals surface area contributed by atoms with Gasteiger partial charge in [-0.25, -0.2) is 15.0 Å². The van der Waals surface area contributed by atoms with Crippen molar-refractivity contribution in [2.45, 2.75) is 46.5 Å². The molecule has 0 amide bonds. The molecular formula is C15H22N4S. The molecule has 5 heteroatoms. The predicted octanol–water partition coefficient (Wildman–Crippen LogP) is 4.03. The molecule has 0 aromatic carbocycles. The number of nitrogens with zero attached hydrogens (tertiary/aromatic N) is 3. The minimum absolute atomic E-state index is 0.0655. The monoisotopic (exact) mass is 290 g/mol. The van der Waals surface area contributed by atoms with Crippen LogP contribution in [0.1, 0.15) is 44.8 Å². The van der Waals surface area contributed by atoms with Gasteiger partial charge in [-0.15, -0.1) is 11.3 Å². The number of thiazole rings is 1. The Morgan fingerprint density at radius 3 is 2.55 bits per heavy atom. The average molecular weight is 290 g/mol. The van der Waals surface area contributed by atoms with Gasteiger partial charge < -0.3 is 5.32 Å². The maximum absolute atomic E-state index is 4.68. The van der Waals surface area contributed by atoms with E-state index in [1.165, 1.54) is 0 Å². The van der Waals surface area contributed by atoms with Crippen molar-refractivity contribution in [2.75, 3.05) is 11.9 Å². The van der Waals surface area contributed by atoms with Crippen molar-refractivity contribution >= 4 is 17.2 Å². The van der Waals surface area contributed by atoms with Gasteiger partial charge in [-0.3, -0.25) is 0 Å².